The molecule has 0 spiro atoms. The van der Waals surface area contributed by atoms with Crippen LogP contribution in [0.1, 0.15) is 353 Å². The van der Waals surface area contributed by atoms with E-state index in [1.807, 2.05) is 0 Å². The molecule has 0 bridgehead atoms. The number of carboxylic acids is 5. The number of carboxylic acid groups (broad SMARTS) is 5. The predicted octanol–water partition coefficient (Wildman–Crippen LogP) is 9.72. The molecule has 842 valence electrons. The lowest BCUT2D eigenvalue weighted by atomic mass is 9.80. The van der Waals surface area contributed by atoms with Gasteiger partial charge in [-0.2, -0.15) is 0 Å². The van der Waals surface area contributed by atoms with Gasteiger partial charge in [0.1, 0.15) is 50.3 Å². The van der Waals surface area contributed by atoms with E-state index in [9.17, 15) is 92.0 Å². The summed E-state index contributed by atoms with van der Waals surface area (Å²) in [4.78, 5) is 196. The summed E-state index contributed by atoms with van der Waals surface area (Å²) in [6, 6.07) is -4.07. The van der Waals surface area contributed by atoms with Crippen LogP contribution in [0, 0.1) is 23.7 Å². The number of ether oxygens (including phenoxy) is 8. The average Bonchev–Trinajstić information content (AvgIpc) is 0.880. The largest absolute Gasteiger partial charge is 0.481 e. The molecule has 2 aliphatic rings. The van der Waals surface area contributed by atoms with Gasteiger partial charge in [0.05, 0.1) is 85.3 Å². The first-order chi connectivity index (χ1) is 70.8. The van der Waals surface area contributed by atoms with Crippen LogP contribution in [0.4, 0.5) is 0 Å². The summed E-state index contributed by atoms with van der Waals surface area (Å²) >= 11 is 3.87. The van der Waals surface area contributed by atoms with E-state index in [1.54, 1.807) is 0 Å². The maximum atomic E-state index is 13.4. The highest BCUT2D eigenvalue weighted by atomic mass is 32.1. The third kappa shape index (κ3) is 81.6. The second-order valence-corrected chi connectivity index (χ2v) is 38.9. The third-order valence-corrected chi connectivity index (χ3v) is 26.4. The minimum Gasteiger partial charge on any atom is -0.481 e. The van der Waals surface area contributed by atoms with Gasteiger partial charge in [-0.1, -0.05) is 193 Å². The number of aliphatic carboxylic acids is 5. The van der Waals surface area contributed by atoms with Crippen LogP contribution in [-0.4, -0.2) is 309 Å². The van der Waals surface area contributed by atoms with E-state index < -0.39 is 77.8 Å². The number of carbonyl (C=O) groups excluding carboxylic acids is 11. The Morgan fingerprint density at radius 2 is 0.589 bits per heavy atom. The van der Waals surface area contributed by atoms with E-state index >= 15 is 0 Å². The number of amides is 10. The molecule has 41 nitrogen and oxygen atoms in total. The third-order valence-electron chi connectivity index (χ3n) is 26.1. The van der Waals surface area contributed by atoms with Gasteiger partial charge in [0.15, 0.2) is 0 Å². The van der Waals surface area contributed by atoms with Gasteiger partial charge in [0, 0.05) is 110 Å². The minimum atomic E-state index is -1.23. The van der Waals surface area contributed by atoms with Crippen molar-refractivity contribution in [2.24, 2.45) is 23.7 Å². The van der Waals surface area contributed by atoms with Crippen LogP contribution in [-0.2, 0) is 115 Å². The number of hydrogen-bond donors (Lipinski definition) is 18. The molecule has 1 unspecified atom stereocenters. The maximum absolute atomic E-state index is 13.4. The molecule has 42 heteroatoms. The Balaban J connectivity index is 1.47. The highest BCUT2D eigenvalue weighted by Gasteiger charge is 2.32. The quantitative estimate of drug-likeness (QED) is 0.0153. The topological polar surface area (TPSA) is 592 Å². The Hall–Kier alpha value is -8.33. The molecule has 2 fully saturated rings. The van der Waals surface area contributed by atoms with Crippen molar-refractivity contribution in [2.75, 3.05) is 158 Å². The van der Waals surface area contributed by atoms with E-state index in [1.165, 1.54) is 128 Å². The summed E-state index contributed by atoms with van der Waals surface area (Å²) in [5.74, 6) is -7.50. The van der Waals surface area contributed by atoms with E-state index in [-0.39, 0.29) is 255 Å². The Kier molecular flexibility index (Phi) is 86.0. The van der Waals surface area contributed by atoms with Gasteiger partial charge in [-0.25, -0.2) is 9.59 Å². The molecule has 0 aromatic rings. The number of aldehydes is 1. The molecular weight excluding hydrogens is 1910 g/mol. The summed E-state index contributed by atoms with van der Waals surface area (Å²) in [5.41, 5.74) is 0. The van der Waals surface area contributed by atoms with Gasteiger partial charge >= 0.3 is 29.8 Å². The second-order valence-electron chi connectivity index (χ2n) is 38.6. The fraction of sp³-hybridized carbons (Fsp3) is 0.846. The van der Waals surface area contributed by atoms with E-state index in [0.717, 1.165) is 116 Å². The fourth-order valence-electron chi connectivity index (χ4n) is 17.3. The molecule has 17 N–H and O–H groups in total. The van der Waals surface area contributed by atoms with Crippen molar-refractivity contribution < 1.29 is 140 Å². The Morgan fingerprint density at radius 1 is 0.281 bits per heavy atom. The van der Waals surface area contributed by atoms with Crippen molar-refractivity contribution in [1.82, 2.24) is 63.2 Å². The van der Waals surface area contributed by atoms with Crippen LogP contribution in [0.5, 0.6) is 0 Å². The second kappa shape index (κ2) is 93.9. The number of hydrogen-bond acceptors (Lipinski definition) is 27. The summed E-state index contributed by atoms with van der Waals surface area (Å²) in [7, 11) is 0. The SMILES string of the molecule is O=CC(CN[C@@H](CCCCNC(=O)COCCOCCNC(=O)COCCOCCNC(=O)CC[C@H](NC(=O)C1CCC(CNC(=O)CCCCCCCCCCCCCCCCCCC(=O)O)CC1)C(=O)O)C(=O)NCCCC[C@H](NS)C(=O)O)OCCOCCNC(=O)COCCOCCNC(=O)CC[C@H](NC(=O)CC1CCC(CNC(=O)CCCCCCCCCCCCCCCCCCC(=O)O)CC1)C(=O)O. The van der Waals surface area contributed by atoms with Gasteiger partial charge in [-0.05, 0) is 146 Å². The summed E-state index contributed by atoms with van der Waals surface area (Å²) in [6.07, 6.45) is 46.5. The lowest BCUT2D eigenvalue weighted by molar-refractivity contribution is -0.143. The Morgan fingerprint density at radius 3 is 0.952 bits per heavy atom. The van der Waals surface area contributed by atoms with E-state index in [2.05, 4.69) is 76.0 Å². The van der Waals surface area contributed by atoms with E-state index in [4.69, 9.17) is 48.1 Å². The normalized spacial score (nSPS) is 15.5. The molecule has 2 aliphatic carbocycles. The highest BCUT2D eigenvalue weighted by Crippen LogP contribution is 2.32. The van der Waals surface area contributed by atoms with Crippen LogP contribution >= 0.6 is 12.8 Å². The van der Waals surface area contributed by atoms with Crippen LogP contribution in [0.2, 0.25) is 0 Å². The molecule has 0 aromatic carbocycles. The van der Waals surface area contributed by atoms with Gasteiger partial charge in [0.25, 0.3) is 0 Å². The Bertz CT molecular complexity index is 3500. The van der Waals surface area contributed by atoms with Crippen molar-refractivity contribution >= 4 is 108 Å². The number of rotatable bonds is 103. The maximum Gasteiger partial charge on any atom is 0.326 e. The van der Waals surface area contributed by atoms with Crippen molar-refractivity contribution in [3.63, 3.8) is 0 Å². The van der Waals surface area contributed by atoms with Crippen molar-refractivity contribution in [1.29, 1.82) is 0 Å². The molecule has 146 heavy (non-hydrogen) atoms. The lowest BCUT2D eigenvalue weighted by Gasteiger charge is -2.28. The van der Waals surface area contributed by atoms with Gasteiger partial charge in [0.2, 0.25) is 59.1 Å². The Labute approximate surface area is 872 Å². The molecule has 2 rings (SSSR count). The number of thiol groups is 1. The molecule has 5 atom stereocenters. The first kappa shape index (κ1) is 134. The molecule has 0 aliphatic heterocycles. The number of nitrogens with one attached hydrogen (secondary N) is 12. The van der Waals surface area contributed by atoms with Crippen molar-refractivity contribution in [3.8, 4) is 0 Å². The number of unbranched alkanes of at least 4 members (excludes halogenated alkanes) is 32. The molecule has 0 heterocycles. The molecule has 10 amide bonds. The summed E-state index contributed by atoms with van der Waals surface area (Å²) in [6.45, 7) is 2.90. The summed E-state index contributed by atoms with van der Waals surface area (Å²) < 4.78 is 46.3. The summed E-state index contributed by atoms with van der Waals surface area (Å²) in [5, 5.41) is 77.2. The minimum absolute atomic E-state index is 0.0131. The standard InChI is InChI=1S/C104H186N12O29S/c117-77-85(145-72-71-141-64-60-109-97(125)80-144-70-65-138-61-57-106-92(120)53-51-87(102(132)133)114-94(122)73-81-43-45-82(46-44-81)74-112-90(118)39-29-25-21-17-13-9-5-1-3-7-11-15-19-23-27-31-41-98(126)127)76-111-86(101(131)110-56-36-34-38-89(116-146)104(136)137)37-33-35-55-105-95(123)78-142-68-67-140-63-59-108-96(124)79-143-69-66-139-62-58-107-93(121)54-52-88(103(134)135)115-100(130)84-49-47-83(48-50-84)75-113-91(119)40-30-26-22-18-14-10-6-2-4-8-12-16-20-24-28-32-42-99(128)129/h77,81-89,111,116,146H,1-76,78-80H2,(H,105,123)(H,106,120)(H,107,121)(H,108,124)(H,109,125)(H,110,131)(H,112,118)(H,113,119)(H,114,122)(H,115,130)(H,126,127)(H,128,129)(H,132,133)(H,134,135)(H,136,137)/t81?,82?,83?,84?,85?,86-,87-,88-,89-/m0/s1. The first-order valence-electron chi connectivity index (χ1n) is 54.9. The van der Waals surface area contributed by atoms with Gasteiger partial charge < -0.3 is 127 Å². The van der Waals surface area contributed by atoms with E-state index in [0.29, 0.717) is 83.1 Å². The van der Waals surface area contributed by atoms with Gasteiger partial charge in [-0.15, -0.1) is 0 Å². The van der Waals surface area contributed by atoms with Crippen LogP contribution in [0.25, 0.3) is 0 Å². The highest BCUT2D eigenvalue weighted by molar-refractivity contribution is 7.78. The predicted molar refractivity (Wildman–Crippen MR) is 553 cm³/mol. The molecule has 0 saturated heterocycles. The zero-order chi connectivity index (χ0) is 107. The molecule has 0 aromatic heterocycles. The first-order valence-corrected chi connectivity index (χ1v) is 55.3. The molecule has 2 saturated carbocycles. The van der Waals surface area contributed by atoms with Crippen LogP contribution in [0.15, 0.2) is 0 Å². The fourth-order valence-corrected chi connectivity index (χ4v) is 17.5. The average molecular weight is 2100 g/mol. The zero-order valence-corrected chi connectivity index (χ0v) is 88.5. The zero-order valence-electron chi connectivity index (χ0n) is 87.6. The number of carbonyl (C=O) groups is 16. The molecule has 0 radical (unpaired) electrons. The van der Waals surface area contributed by atoms with Gasteiger partial charge in [-0.3, -0.25) is 67.1 Å². The smallest absolute Gasteiger partial charge is 0.326 e. The molecular formula is C104H186N12O29S. The monoisotopic (exact) mass is 2100 g/mol. The van der Waals surface area contributed by atoms with Crippen LogP contribution in [0.3, 0.4) is 0 Å². The van der Waals surface area contributed by atoms with Crippen molar-refractivity contribution in [2.45, 2.75) is 383 Å². The van der Waals surface area contributed by atoms with Crippen LogP contribution < -0.4 is 63.2 Å². The van der Waals surface area contributed by atoms with Crippen molar-refractivity contribution in [3.05, 3.63) is 0 Å². The lowest BCUT2D eigenvalue weighted by Crippen LogP contribution is -2.47.